The standard InChI is InChI=1S/C10H11N3.C8H5F3N4.Pt/c1-11-5-3-4-10(8-11)13-7-6-12(2)9-13;1-4-2-5(13-12-4)6-3-7(15-14-6)8(9,10)11;/h3-7H,1-2H3;2-3H,1H3;/q;-2;. The van der Waals surface area contributed by atoms with Gasteiger partial charge < -0.3 is 20.4 Å². The molecule has 3 aliphatic heterocycles. The fourth-order valence-electron chi connectivity index (χ4n) is 2.69. The van der Waals surface area contributed by atoms with Crippen molar-refractivity contribution in [2.45, 2.75) is 13.1 Å². The molecule has 5 rings (SSSR count). The first-order valence-electron chi connectivity index (χ1n) is 8.43. The number of alkyl halides is 3. The first-order valence-corrected chi connectivity index (χ1v) is 10.7. The molecule has 5 heterocycles. The molecule has 29 heavy (non-hydrogen) atoms. The number of aryl methyl sites for hydroxylation is 1. The van der Waals surface area contributed by atoms with Crippen molar-refractivity contribution in [3.63, 3.8) is 0 Å². The Morgan fingerprint density at radius 1 is 0.966 bits per heavy atom. The molecule has 0 amide bonds. The Bertz CT molecular complexity index is 1100. The summed E-state index contributed by atoms with van der Waals surface area (Å²) < 4.78 is 39.5. The summed E-state index contributed by atoms with van der Waals surface area (Å²) in [7, 11) is 4.25. The van der Waals surface area contributed by atoms with Gasteiger partial charge in [-0.3, -0.25) is 0 Å². The Balaban J connectivity index is 0.000000141. The molecule has 0 spiro atoms. The molecule has 2 aromatic heterocycles. The fraction of sp³-hybridized carbons (Fsp3) is 0.222. The number of likely N-dealkylation sites (N-methyl/N-ethyl adjacent to an activating group) is 1. The zero-order valence-electron chi connectivity index (χ0n) is 15.6. The van der Waals surface area contributed by atoms with E-state index in [9.17, 15) is 13.2 Å². The second-order valence-corrected chi connectivity index (χ2v) is 9.01. The van der Waals surface area contributed by atoms with E-state index in [1.54, 1.807) is 13.0 Å². The number of nitrogens with zero attached hydrogens (tertiary/aromatic N) is 7. The van der Waals surface area contributed by atoms with Gasteiger partial charge in [0.1, 0.15) is 5.69 Å². The van der Waals surface area contributed by atoms with Gasteiger partial charge in [0.15, 0.2) is 0 Å². The Kier molecular flexibility index (Phi) is 4.90. The Morgan fingerprint density at radius 2 is 1.69 bits per heavy atom. The SMILES string of the molecule is CN1C=CC=C2[C]1=[Pt]=[C]1N(C)C=CN21.Cc1cc(-c2cc(C(F)(F)F)n[n-]2)[n-]n1. The predicted octanol–water partition coefficient (Wildman–Crippen LogP) is 1.75. The maximum absolute atomic E-state index is 12.2. The van der Waals surface area contributed by atoms with Crippen LogP contribution in [-0.2, 0) is 23.8 Å². The molecule has 0 aliphatic carbocycles. The van der Waals surface area contributed by atoms with Crippen LogP contribution in [0.5, 0.6) is 0 Å². The Hall–Kier alpha value is -2.74. The number of rotatable bonds is 1. The third kappa shape index (κ3) is 3.76. The predicted molar refractivity (Wildman–Crippen MR) is 97.6 cm³/mol. The molecule has 2 aromatic rings. The molecule has 0 aromatic carbocycles. The topological polar surface area (TPSA) is 63.7 Å². The molecule has 0 radical (unpaired) electrons. The van der Waals surface area contributed by atoms with E-state index >= 15 is 0 Å². The molecule has 11 heteroatoms. The monoisotopic (exact) mass is 582 g/mol. The number of hydrogen-bond acceptors (Lipinski definition) is 5. The summed E-state index contributed by atoms with van der Waals surface area (Å²) in [5.41, 5.74) is 1.36. The maximum Gasteiger partial charge on any atom is 0.431 e. The average Bonchev–Trinajstić information content (AvgIpc) is 3.41. The van der Waals surface area contributed by atoms with Crippen molar-refractivity contribution in [3.05, 3.63) is 60.0 Å². The number of fused-ring (bicyclic) bond motifs is 3. The second-order valence-electron chi connectivity index (χ2n) is 6.35. The second kappa shape index (κ2) is 7.26. The van der Waals surface area contributed by atoms with Crippen LogP contribution in [-0.4, -0.2) is 47.2 Å². The fourth-order valence-corrected chi connectivity index (χ4v) is 5.78. The first kappa shape index (κ1) is 19.6. The number of hydrogen-bond donors (Lipinski definition) is 0. The summed E-state index contributed by atoms with van der Waals surface area (Å²) >= 11 is -0.0247. The van der Waals surface area contributed by atoms with Gasteiger partial charge in [-0.15, -0.1) is 11.4 Å². The maximum atomic E-state index is 12.2. The minimum Gasteiger partial charge on any atom is -0.576 e. The van der Waals surface area contributed by atoms with E-state index in [1.165, 1.54) is 13.9 Å². The molecular weight excluding hydrogens is 566 g/mol. The summed E-state index contributed by atoms with van der Waals surface area (Å²) in [5, 5.41) is 13.8. The number of allylic oxidation sites excluding steroid dienone is 2. The van der Waals surface area contributed by atoms with Crippen molar-refractivity contribution in [2.75, 3.05) is 14.1 Å². The van der Waals surface area contributed by atoms with Crippen molar-refractivity contribution in [1.29, 1.82) is 0 Å². The molecule has 0 bridgehead atoms. The van der Waals surface area contributed by atoms with E-state index in [2.05, 4.69) is 79.9 Å². The minimum atomic E-state index is -4.47. The molecule has 0 saturated heterocycles. The quantitative estimate of drug-likeness (QED) is 0.508. The van der Waals surface area contributed by atoms with E-state index in [0.717, 1.165) is 6.07 Å². The van der Waals surface area contributed by atoms with Crippen LogP contribution in [0.4, 0.5) is 13.2 Å². The van der Waals surface area contributed by atoms with E-state index in [0.29, 0.717) is 11.4 Å². The van der Waals surface area contributed by atoms with E-state index in [1.807, 2.05) is 0 Å². The number of aromatic nitrogens is 4. The van der Waals surface area contributed by atoms with Crippen LogP contribution < -0.4 is 10.2 Å². The zero-order chi connectivity index (χ0) is 20.8. The summed E-state index contributed by atoms with van der Waals surface area (Å²) in [6.45, 7) is 1.69. The van der Waals surface area contributed by atoms with Crippen molar-refractivity contribution in [1.82, 2.24) is 35.1 Å². The van der Waals surface area contributed by atoms with Crippen molar-refractivity contribution in [2.24, 2.45) is 0 Å². The third-order valence-corrected chi connectivity index (χ3v) is 7.88. The Labute approximate surface area is 172 Å². The third-order valence-electron chi connectivity index (χ3n) is 4.10. The molecular formula is C18H16F3N7Pt-2. The van der Waals surface area contributed by atoms with Gasteiger partial charge in [-0.05, 0) is 13.0 Å². The van der Waals surface area contributed by atoms with Crippen molar-refractivity contribution >= 4 is 8.17 Å². The summed E-state index contributed by atoms with van der Waals surface area (Å²) in [4.78, 5) is 6.78. The minimum absolute atomic E-state index is 0.0247. The summed E-state index contributed by atoms with van der Waals surface area (Å²) in [6, 6.07) is 2.40. The largest absolute Gasteiger partial charge is 0.576 e. The van der Waals surface area contributed by atoms with Crippen LogP contribution >= 0.6 is 0 Å². The van der Waals surface area contributed by atoms with Crippen molar-refractivity contribution in [3.8, 4) is 11.4 Å². The molecule has 3 aliphatic rings. The van der Waals surface area contributed by atoms with Gasteiger partial charge in [-0.25, -0.2) is 0 Å². The Morgan fingerprint density at radius 3 is 2.34 bits per heavy atom. The van der Waals surface area contributed by atoms with Gasteiger partial charge in [0.25, 0.3) is 0 Å². The van der Waals surface area contributed by atoms with Gasteiger partial charge >= 0.3 is 97.2 Å². The van der Waals surface area contributed by atoms with Crippen LogP contribution in [0.1, 0.15) is 11.4 Å². The van der Waals surface area contributed by atoms with Gasteiger partial charge in [0, 0.05) is 5.69 Å². The van der Waals surface area contributed by atoms with Crippen LogP contribution in [0.25, 0.3) is 11.4 Å². The molecule has 0 fully saturated rings. The van der Waals surface area contributed by atoms with Gasteiger partial charge in [0.2, 0.25) is 0 Å². The van der Waals surface area contributed by atoms with E-state index in [-0.39, 0.29) is 23.3 Å². The molecule has 0 unspecified atom stereocenters. The smallest absolute Gasteiger partial charge is 0.431 e. The van der Waals surface area contributed by atoms with Crippen LogP contribution in [0.3, 0.4) is 0 Å². The molecule has 0 N–H and O–H groups in total. The molecule has 156 valence electrons. The van der Waals surface area contributed by atoms with Crippen LogP contribution in [0.15, 0.2) is 48.6 Å². The molecule has 0 saturated carbocycles. The summed E-state index contributed by atoms with van der Waals surface area (Å²) in [6.07, 6.45) is 6.25. The van der Waals surface area contributed by atoms with Gasteiger partial charge in [-0.1, -0.05) is 6.07 Å². The van der Waals surface area contributed by atoms with Crippen LogP contribution in [0, 0.1) is 6.92 Å². The van der Waals surface area contributed by atoms with E-state index in [4.69, 9.17) is 0 Å². The van der Waals surface area contributed by atoms with E-state index < -0.39 is 11.9 Å². The molecule has 0 atom stereocenters. The zero-order valence-corrected chi connectivity index (χ0v) is 17.9. The average molecular weight is 582 g/mol. The molecule has 7 nitrogen and oxygen atoms in total. The van der Waals surface area contributed by atoms with Crippen molar-refractivity contribution < 1.29 is 30.8 Å². The normalized spacial score (nSPS) is 17.7. The van der Waals surface area contributed by atoms with Crippen LogP contribution in [0.2, 0.25) is 0 Å². The first-order chi connectivity index (χ1) is 13.7. The van der Waals surface area contributed by atoms with Gasteiger partial charge in [-0.2, -0.15) is 13.2 Å². The van der Waals surface area contributed by atoms with Gasteiger partial charge in [0.05, 0.1) is 0 Å². The summed E-state index contributed by atoms with van der Waals surface area (Å²) in [5.74, 6) is 0. The number of halogens is 3.